The lowest BCUT2D eigenvalue weighted by Crippen LogP contribution is -2.39. The van der Waals surface area contributed by atoms with E-state index in [1.165, 1.54) is 6.08 Å². The van der Waals surface area contributed by atoms with E-state index in [-0.39, 0.29) is 5.76 Å². The lowest BCUT2D eigenvalue weighted by molar-refractivity contribution is -0.144. The van der Waals surface area contributed by atoms with Gasteiger partial charge in [0.25, 0.3) is 0 Å². The molecular weight excluding hydrogens is 204 g/mol. The van der Waals surface area contributed by atoms with Gasteiger partial charge in [-0.25, -0.2) is 0 Å². The van der Waals surface area contributed by atoms with Crippen LogP contribution in [0.3, 0.4) is 0 Å². The molecule has 5 atom stereocenters. The highest BCUT2D eigenvalue weighted by atomic mass is 16.6. The van der Waals surface area contributed by atoms with Crippen LogP contribution < -0.4 is 0 Å². The van der Waals surface area contributed by atoms with Gasteiger partial charge in [0.15, 0.2) is 6.29 Å². The second-order valence-corrected chi connectivity index (χ2v) is 3.45. The van der Waals surface area contributed by atoms with E-state index < -0.39 is 30.7 Å². The van der Waals surface area contributed by atoms with Crippen molar-refractivity contribution in [2.24, 2.45) is 0 Å². The summed E-state index contributed by atoms with van der Waals surface area (Å²) in [5.41, 5.74) is 0. The Morgan fingerprint density at radius 2 is 1.93 bits per heavy atom. The number of aliphatic hydroxyl groups excluding tert-OH is 5. The molecule has 0 aliphatic carbocycles. The molecule has 0 spiro atoms. The van der Waals surface area contributed by atoms with Crippen LogP contribution in [0.25, 0.3) is 0 Å². The highest BCUT2D eigenvalue weighted by Gasteiger charge is 2.46. The lowest BCUT2D eigenvalue weighted by atomic mass is 10.0. The van der Waals surface area contributed by atoms with E-state index in [1.807, 2.05) is 0 Å². The monoisotopic (exact) mass is 220 g/mol. The Hall–Kier alpha value is -0.660. The van der Waals surface area contributed by atoms with Crippen LogP contribution in [0.2, 0.25) is 0 Å². The van der Waals surface area contributed by atoms with Gasteiger partial charge in [0.05, 0.1) is 0 Å². The minimum atomic E-state index is -1.55. The van der Waals surface area contributed by atoms with E-state index in [0.29, 0.717) is 6.42 Å². The van der Waals surface area contributed by atoms with Gasteiger partial charge in [0, 0.05) is 0 Å². The molecule has 0 amide bonds. The number of ether oxygens (including phenoxy) is 1. The van der Waals surface area contributed by atoms with Crippen molar-refractivity contribution in [1.29, 1.82) is 0 Å². The van der Waals surface area contributed by atoms with Crippen LogP contribution in [-0.2, 0) is 4.74 Å². The fourth-order valence-corrected chi connectivity index (χ4v) is 1.44. The predicted molar refractivity (Wildman–Crippen MR) is 49.9 cm³/mol. The van der Waals surface area contributed by atoms with Crippen molar-refractivity contribution in [3.05, 3.63) is 11.8 Å². The Morgan fingerprint density at radius 1 is 1.33 bits per heavy atom. The van der Waals surface area contributed by atoms with Crippen LogP contribution in [0.4, 0.5) is 0 Å². The molecule has 0 aromatic carbocycles. The third-order valence-electron chi connectivity index (χ3n) is 2.30. The first-order chi connectivity index (χ1) is 6.99. The zero-order valence-corrected chi connectivity index (χ0v) is 8.32. The molecule has 6 nitrogen and oxygen atoms in total. The van der Waals surface area contributed by atoms with Crippen molar-refractivity contribution in [3.8, 4) is 0 Å². The van der Waals surface area contributed by atoms with E-state index in [9.17, 15) is 15.3 Å². The summed E-state index contributed by atoms with van der Waals surface area (Å²) in [5.74, 6) is -0.345. The summed E-state index contributed by atoms with van der Waals surface area (Å²) in [4.78, 5) is 0. The molecule has 88 valence electrons. The van der Waals surface area contributed by atoms with E-state index in [4.69, 9.17) is 14.9 Å². The summed E-state index contributed by atoms with van der Waals surface area (Å²) in [6.45, 7) is 1.76. The Kier molecular flexibility index (Phi) is 4.06. The third-order valence-corrected chi connectivity index (χ3v) is 2.30. The van der Waals surface area contributed by atoms with Gasteiger partial charge >= 0.3 is 0 Å². The van der Waals surface area contributed by atoms with Gasteiger partial charge in [-0.15, -0.1) is 0 Å². The molecular formula is C9H16O6. The Morgan fingerprint density at radius 3 is 2.33 bits per heavy atom. The standard InChI is InChI=1S/C9H16O6/c1-2-3-4(10)5(11)8-6(12)7(13)9(14)15-8/h3,5-14H,2H2,1H3/t5-,6-,7+,8-,9?/m1/s1. The maximum Gasteiger partial charge on any atom is 0.184 e. The highest BCUT2D eigenvalue weighted by Crippen LogP contribution is 2.24. The highest BCUT2D eigenvalue weighted by molar-refractivity contribution is 5.05. The largest absolute Gasteiger partial charge is 0.510 e. The minimum absolute atomic E-state index is 0.345. The third kappa shape index (κ3) is 2.47. The van der Waals surface area contributed by atoms with Crippen molar-refractivity contribution in [2.45, 2.75) is 44.1 Å². The molecule has 0 aromatic rings. The maximum atomic E-state index is 9.53. The molecule has 6 heteroatoms. The number of allylic oxidation sites excluding steroid dienone is 1. The van der Waals surface area contributed by atoms with E-state index in [2.05, 4.69) is 0 Å². The molecule has 1 fully saturated rings. The molecule has 0 aromatic heterocycles. The summed E-state index contributed by atoms with van der Waals surface area (Å²) >= 11 is 0. The zero-order valence-electron chi connectivity index (χ0n) is 8.32. The van der Waals surface area contributed by atoms with Crippen molar-refractivity contribution in [1.82, 2.24) is 0 Å². The van der Waals surface area contributed by atoms with Crippen molar-refractivity contribution >= 4 is 0 Å². The molecule has 0 saturated carbocycles. The Bertz CT molecular complexity index is 241. The van der Waals surface area contributed by atoms with Gasteiger partial charge < -0.3 is 30.3 Å². The molecule has 1 unspecified atom stereocenters. The molecule has 1 heterocycles. The zero-order chi connectivity index (χ0) is 11.6. The molecule has 1 rings (SSSR count). The summed E-state index contributed by atoms with van der Waals surface area (Å²) in [7, 11) is 0. The fourth-order valence-electron chi connectivity index (χ4n) is 1.44. The number of rotatable bonds is 3. The molecule has 1 aliphatic heterocycles. The van der Waals surface area contributed by atoms with Crippen molar-refractivity contribution < 1.29 is 30.3 Å². The van der Waals surface area contributed by atoms with Gasteiger partial charge in [-0.2, -0.15) is 0 Å². The predicted octanol–water partition coefficient (Wildman–Crippen LogP) is -1.36. The average molecular weight is 220 g/mol. The van der Waals surface area contributed by atoms with E-state index in [1.54, 1.807) is 6.92 Å². The van der Waals surface area contributed by atoms with Gasteiger partial charge in [0.1, 0.15) is 30.2 Å². The van der Waals surface area contributed by atoms with Crippen molar-refractivity contribution in [2.75, 3.05) is 0 Å². The first kappa shape index (κ1) is 12.4. The van der Waals surface area contributed by atoms with Crippen LogP contribution in [0.15, 0.2) is 11.8 Å². The lowest BCUT2D eigenvalue weighted by Gasteiger charge is -2.20. The Labute approximate surface area is 87.0 Å². The molecule has 0 bridgehead atoms. The molecule has 1 aliphatic rings. The molecule has 15 heavy (non-hydrogen) atoms. The average Bonchev–Trinajstić information content (AvgIpc) is 2.45. The topological polar surface area (TPSA) is 110 Å². The fraction of sp³-hybridized carbons (Fsp3) is 0.778. The summed E-state index contributed by atoms with van der Waals surface area (Å²) in [6, 6.07) is 0. The van der Waals surface area contributed by atoms with Gasteiger partial charge in [-0.05, 0) is 12.5 Å². The molecule has 5 N–H and O–H groups in total. The van der Waals surface area contributed by atoms with Crippen LogP contribution in [0, 0.1) is 0 Å². The van der Waals surface area contributed by atoms with Crippen LogP contribution in [-0.4, -0.2) is 56.2 Å². The molecule has 0 radical (unpaired) electrons. The second kappa shape index (κ2) is 4.91. The Balaban J connectivity index is 2.69. The van der Waals surface area contributed by atoms with Crippen LogP contribution in [0.1, 0.15) is 13.3 Å². The van der Waals surface area contributed by atoms with Gasteiger partial charge in [-0.3, -0.25) is 0 Å². The normalized spacial score (nSPS) is 39.4. The molecule has 1 saturated heterocycles. The van der Waals surface area contributed by atoms with E-state index in [0.717, 1.165) is 0 Å². The van der Waals surface area contributed by atoms with Crippen LogP contribution in [0.5, 0.6) is 0 Å². The smallest absolute Gasteiger partial charge is 0.184 e. The van der Waals surface area contributed by atoms with Gasteiger partial charge in [-0.1, -0.05) is 6.92 Å². The van der Waals surface area contributed by atoms with E-state index >= 15 is 0 Å². The van der Waals surface area contributed by atoms with Crippen molar-refractivity contribution in [3.63, 3.8) is 0 Å². The van der Waals surface area contributed by atoms with Gasteiger partial charge in [0.2, 0.25) is 0 Å². The number of hydrogen-bond acceptors (Lipinski definition) is 6. The summed E-state index contributed by atoms with van der Waals surface area (Å²) in [6.07, 6.45) is -5.26. The maximum absolute atomic E-state index is 9.53. The minimum Gasteiger partial charge on any atom is -0.510 e. The second-order valence-electron chi connectivity index (χ2n) is 3.45. The van der Waals surface area contributed by atoms with Crippen LogP contribution >= 0.6 is 0 Å². The first-order valence-corrected chi connectivity index (χ1v) is 4.75. The SMILES string of the molecule is CCC=C(O)[C@@H](O)[C@H]1OC(O)[C@@H](O)[C@H]1O. The quantitative estimate of drug-likeness (QED) is 0.376. The number of hydrogen-bond donors (Lipinski definition) is 5. The first-order valence-electron chi connectivity index (χ1n) is 4.75. The summed E-state index contributed by atoms with van der Waals surface area (Å²) < 4.78 is 4.72. The summed E-state index contributed by atoms with van der Waals surface area (Å²) in [5, 5.41) is 46.5. The number of aliphatic hydroxyl groups is 5.